The highest BCUT2D eigenvalue weighted by Gasteiger charge is 2.33. The summed E-state index contributed by atoms with van der Waals surface area (Å²) >= 11 is 0. The Morgan fingerprint density at radius 1 is 0.878 bits per heavy atom. The van der Waals surface area contributed by atoms with E-state index in [1.807, 2.05) is 45.0 Å². The van der Waals surface area contributed by atoms with Crippen molar-refractivity contribution in [1.29, 1.82) is 0 Å². The number of nitrogens with zero attached hydrogens (tertiary/aromatic N) is 2. The zero-order valence-electron chi connectivity index (χ0n) is 24.5. The Bertz CT molecular complexity index is 1440. The van der Waals surface area contributed by atoms with Gasteiger partial charge in [0.15, 0.2) is 11.5 Å². The van der Waals surface area contributed by atoms with Gasteiger partial charge in [0.2, 0.25) is 11.8 Å². The summed E-state index contributed by atoms with van der Waals surface area (Å²) in [5.74, 6) is 0.0994. The van der Waals surface area contributed by atoms with Gasteiger partial charge < -0.3 is 19.7 Å². The molecule has 0 heterocycles. The van der Waals surface area contributed by atoms with E-state index >= 15 is 0 Å². The lowest BCUT2D eigenvalue weighted by Crippen LogP contribution is -2.51. The van der Waals surface area contributed by atoms with Crippen molar-refractivity contribution in [3.8, 4) is 11.5 Å². The Kier molecular flexibility index (Phi) is 10.8. The Hall–Kier alpha value is -4.05. The number of anilines is 1. The summed E-state index contributed by atoms with van der Waals surface area (Å²) in [6.07, 6.45) is 0. The number of hydrogen-bond acceptors (Lipinski definition) is 6. The predicted octanol–water partition coefficient (Wildman–Crippen LogP) is 4.40. The van der Waals surface area contributed by atoms with Crippen LogP contribution in [0.1, 0.15) is 31.9 Å². The van der Waals surface area contributed by atoms with Gasteiger partial charge in [-0.05, 0) is 55.2 Å². The highest BCUT2D eigenvalue weighted by Crippen LogP contribution is 2.34. The van der Waals surface area contributed by atoms with Crippen molar-refractivity contribution < 1.29 is 27.5 Å². The van der Waals surface area contributed by atoms with Crippen LogP contribution in [0.15, 0.2) is 77.7 Å². The first-order valence-electron chi connectivity index (χ1n) is 13.4. The fraction of sp³-hybridized carbons (Fsp3) is 0.355. The van der Waals surface area contributed by atoms with Crippen molar-refractivity contribution in [1.82, 2.24) is 10.2 Å². The number of aryl methyl sites for hydroxylation is 1. The van der Waals surface area contributed by atoms with Crippen LogP contribution in [0, 0.1) is 12.8 Å². The zero-order chi connectivity index (χ0) is 30.2. The fourth-order valence-corrected chi connectivity index (χ4v) is 5.66. The maximum absolute atomic E-state index is 14.1. The van der Waals surface area contributed by atoms with E-state index in [0.29, 0.717) is 18.0 Å². The molecular weight excluding hydrogens is 542 g/mol. The molecule has 0 aromatic heterocycles. The third-order valence-corrected chi connectivity index (χ3v) is 8.51. The van der Waals surface area contributed by atoms with E-state index in [1.54, 1.807) is 37.3 Å². The molecule has 220 valence electrons. The standard InChI is InChI=1S/C31H39N3O6S/c1-22(2)19-32-31(36)24(4)33(20-25-13-11-10-12-23(25)3)30(35)21-34(41(37,38)27-14-8-7-9-15-27)26-16-17-28(39-5)29(18-26)40-6/h7-18,22,24H,19-21H2,1-6H3,(H,32,36)/t24-/m1/s1. The van der Waals surface area contributed by atoms with E-state index < -0.39 is 28.5 Å². The van der Waals surface area contributed by atoms with Crippen LogP contribution >= 0.6 is 0 Å². The molecule has 2 amide bonds. The third-order valence-electron chi connectivity index (χ3n) is 6.72. The van der Waals surface area contributed by atoms with E-state index in [2.05, 4.69) is 5.32 Å². The summed E-state index contributed by atoms with van der Waals surface area (Å²) in [7, 11) is -1.26. The number of amides is 2. The smallest absolute Gasteiger partial charge is 0.264 e. The number of rotatable bonds is 13. The van der Waals surface area contributed by atoms with Crippen LogP contribution in [0.3, 0.4) is 0 Å². The first kappa shape index (κ1) is 31.5. The van der Waals surface area contributed by atoms with Crippen LogP contribution in [0.5, 0.6) is 11.5 Å². The van der Waals surface area contributed by atoms with Gasteiger partial charge in [-0.3, -0.25) is 13.9 Å². The van der Waals surface area contributed by atoms with Crippen LogP contribution in [0.4, 0.5) is 5.69 Å². The fourth-order valence-electron chi connectivity index (χ4n) is 4.23. The van der Waals surface area contributed by atoms with Crippen molar-refractivity contribution in [2.45, 2.75) is 45.2 Å². The van der Waals surface area contributed by atoms with Gasteiger partial charge in [0.1, 0.15) is 12.6 Å². The largest absolute Gasteiger partial charge is 0.493 e. The van der Waals surface area contributed by atoms with E-state index in [1.165, 1.54) is 37.3 Å². The molecule has 0 fully saturated rings. The maximum Gasteiger partial charge on any atom is 0.264 e. The zero-order valence-corrected chi connectivity index (χ0v) is 25.3. The van der Waals surface area contributed by atoms with Crippen LogP contribution in [0.25, 0.3) is 0 Å². The molecule has 1 N–H and O–H groups in total. The van der Waals surface area contributed by atoms with Crippen LogP contribution in [0.2, 0.25) is 0 Å². The molecular formula is C31H39N3O6S. The van der Waals surface area contributed by atoms with Crippen molar-refractivity contribution in [3.05, 3.63) is 83.9 Å². The van der Waals surface area contributed by atoms with Gasteiger partial charge >= 0.3 is 0 Å². The van der Waals surface area contributed by atoms with Crippen molar-refractivity contribution in [3.63, 3.8) is 0 Å². The average Bonchev–Trinajstić information content (AvgIpc) is 2.97. The predicted molar refractivity (Wildman–Crippen MR) is 160 cm³/mol. The lowest BCUT2D eigenvalue weighted by molar-refractivity contribution is -0.139. The van der Waals surface area contributed by atoms with Crippen molar-refractivity contribution in [2.24, 2.45) is 5.92 Å². The summed E-state index contributed by atoms with van der Waals surface area (Å²) < 4.78 is 39.7. The molecule has 0 bridgehead atoms. The van der Waals surface area contributed by atoms with Crippen molar-refractivity contribution >= 4 is 27.5 Å². The second-order valence-corrected chi connectivity index (χ2v) is 12.0. The normalized spacial score (nSPS) is 12.0. The average molecular weight is 582 g/mol. The first-order chi connectivity index (χ1) is 19.5. The number of benzene rings is 3. The molecule has 0 saturated carbocycles. The quantitative estimate of drug-likeness (QED) is 0.321. The molecule has 0 saturated heterocycles. The molecule has 0 aliphatic rings. The third kappa shape index (κ3) is 7.79. The second-order valence-electron chi connectivity index (χ2n) is 10.1. The van der Waals surface area contributed by atoms with E-state index in [0.717, 1.165) is 15.4 Å². The molecule has 9 nitrogen and oxygen atoms in total. The molecule has 0 unspecified atom stereocenters. The van der Waals surface area contributed by atoms with Gasteiger partial charge in [0.25, 0.3) is 10.0 Å². The number of nitrogens with one attached hydrogen (secondary N) is 1. The summed E-state index contributed by atoms with van der Waals surface area (Å²) in [4.78, 5) is 28.6. The Labute approximate surface area is 243 Å². The van der Waals surface area contributed by atoms with Gasteiger partial charge in [-0.15, -0.1) is 0 Å². The van der Waals surface area contributed by atoms with Gasteiger partial charge in [-0.1, -0.05) is 56.3 Å². The molecule has 3 aromatic carbocycles. The summed E-state index contributed by atoms with van der Waals surface area (Å²) in [5, 5.41) is 2.89. The summed E-state index contributed by atoms with van der Waals surface area (Å²) in [6.45, 7) is 7.59. The number of ether oxygens (including phenoxy) is 2. The van der Waals surface area contributed by atoms with Gasteiger partial charge in [-0.2, -0.15) is 0 Å². The Morgan fingerprint density at radius 3 is 2.12 bits per heavy atom. The molecule has 3 rings (SSSR count). The number of sulfonamides is 1. The number of methoxy groups -OCH3 is 2. The van der Waals surface area contributed by atoms with Crippen molar-refractivity contribution in [2.75, 3.05) is 31.6 Å². The first-order valence-corrected chi connectivity index (χ1v) is 14.8. The highest BCUT2D eigenvalue weighted by molar-refractivity contribution is 7.92. The molecule has 0 spiro atoms. The minimum Gasteiger partial charge on any atom is -0.493 e. The van der Waals surface area contributed by atoms with Gasteiger partial charge in [0.05, 0.1) is 24.8 Å². The lowest BCUT2D eigenvalue weighted by Gasteiger charge is -2.32. The molecule has 0 radical (unpaired) electrons. The van der Waals surface area contributed by atoms with Gasteiger partial charge in [0, 0.05) is 19.2 Å². The topological polar surface area (TPSA) is 105 Å². The minimum absolute atomic E-state index is 0.0239. The molecule has 0 aliphatic carbocycles. The molecule has 1 atom stereocenters. The Balaban J connectivity index is 2.07. The molecule has 10 heteroatoms. The van der Waals surface area contributed by atoms with E-state index in [-0.39, 0.29) is 29.0 Å². The number of carbonyl (C=O) groups is 2. The SMILES string of the molecule is COc1ccc(N(CC(=O)N(Cc2ccccc2C)[C@H](C)C(=O)NCC(C)C)S(=O)(=O)c2ccccc2)cc1OC. The second kappa shape index (κ2) is 14.0. The summed E-state index contributed by atoms with van der Waals surface area (Å²) in [6, 6.07) is 19.3. The molecule has 0 aliphatic heterocycles. The van der Waals surface area contributed by atoms with Crippen LogP contribution in [-0.2, 0) is 26.2 Å². The minimum atomic E-state index is -4.19. The van der Waals surface area contributed by atoms with Gasteiger partial charge in [-0.25, -0.2) is 8.42 Å². The van der Waals surface area contributed by atoms with E-state index in [4.69, 9.17) is 9.47 Å². The van der Waals surface area contributed by atoms with E-state index in [9.17, 15) is 18.0 Å². The molecule has 41 heavy (non-hydrogen) atoms. The van der Waals surface area contributed by atoms with Crippen LogP contribution in [-0.4, -0.2) is 58.5 Å². The molecule has 3 aromatic rings. The number of hydrogen-bond donors (Lipinski definition) is 1. The monoisotopic (exact) mass is 581 g/mol. The lowest BCUT2D eigenvalue weighted by atomic mass is 10.1. The summed E-state index contributed by atoms with van der Waals surface area (Å²) in [5.41, 5.74) is 2.02. The Morgan fingerprint density at radius 2 is 1.51 bits per heavy atom. The highest BCUT2D eigenvalue weighted by atomic mass is 32.2. The van der Waals surface area contributed by atoms with Crippen LogP contribution < -0.4 is 19.1 Å². The number of carbonyl (C=O) groups excluding carboxylic acids is 2. The maximum atomic E-state index is 14.1.